The molecule has 1 aromatic carbocycles. The third-order valence-electron chi connectivity index (χ3n) is 4.07. The average Bonchev–Trinajstić information content (AvgIpc) is 3.34. The Morgan fingerprint density at radius 1 is 1.16 bits per heavy atom. The molecule has 1 saturated heterocycles. The van der Waals surface area contributed by atoms with Crippen molar-refractivity contribution in [1.29, 1.82) is 0 Å². The van der Waals surface area contributed by atoms with E-state index in [-0.39, 0.29) is 18.3 Å². The molecule has 0 unspecified atom stereocenters. The normalized spacial score (nSPS) is 20.1. The molecule has 126 valence electrons. The summed E-state index contributed by atoms with van der Waals surface area (Å²) < 4.78 is 5.59. The quantitative estimate of drug-likeness (QED) is 0.728. The van der Waals surface area contributed by atoms with Crippen LogP contribution < -0.4 is 5.32 Å². The third-order valence-corrected chi connectivity index (χ3v) is 5.16. The van der Waals surface area contributed by atoms with Gasteiger partial charge in [0.15, 0.2) is 5.54 Å². The first kappa shape index (κ1) is 15.5. The van der Waals surface area contributed by atoms with Crippen LogP contribution in [0.25, 0.3) is 11.5 Å². The predicted octanol–water partition coefficient (Wildman–Crippen LogP) is 2.77. The predicted molar refractivity (Wildman–Crippen MR) is 90.5 cm³/mol. The number of aromatic nitrogens is 2. The highest BCUT2D eigenvalue weighted by Gasteiger charge is 2.50. The Labute approximate surface area is 147 Å². The second kappa shape index (κ2) is 5.82. The molecule has 3 amide bonds. The molecule has 1 N–H and O–H groups in total. The molecule has 1 fully saturated rings. The van der Waals surface area contributed by atoms with Crippen molar-refractivity contribution in [2.75, 3.05) is 0 Å². The summed E-state index contributed by atoms with van der Waals surface area (Å²) in [6.07, 6.45) is 0. The van der Waals surface area contributed by atoms with Gasteiger partial charge in [0, 0.05) is 10.4 Å². The maximum atomic E-state index is 12.8. The first-order valence-electron chi connectivity index (χ1n) is 7.64. The van der Waals surface area contributed by atoms with Crippen LogP contribution in [0.5, 0.6) is 0 Å². The zero-order valence-corrected chi connectivity index (χ0v) is 14.1. The number of hydrogen-bond acceptors (Lipinski definition) is 6. The van der Waals surface area contributed by atoms with Gasteiger partial charge in [0.25, 0.3) is 5.91 Å². The highest BCUT2D eigenvalue weighted by Crippen LogP contribution is 2.32. The summed E-state index contributed by atoms with van der Waals surface area (Å²) in [5.74, 6) is 0.223. The van der Waals surface area contributed by atoms with Crippen LogP contribution in [-0.4, -0.2) is 27.0 Å². The summed E-state index contributed by atoms with van der Waals surface area (Å²) in [5, 5.41) is 12.5. The fourth-order valence-electron chi connectivity index (χ4n) is 2.72. The standard InChI is InChI=1S/C17H14N4O3S/c1-17(12-8-5-9-25-12)15(22)21(16(23)18-17)10-13-19-20-14(24-13)11-6-3-2-4-7-11/h2-9H,10H2,1H3,(H,18,23)/t17-/m0/s1. The van der Waals surface area contributed by atoms with Crippen molar-refractivity contribution in [2.45, 2.75) is 19.0 Å². The third kappa shape index (κ3) is 2.60. The molecule has 1 aliphatic rings. The largest absolute Gasteiger partial charge is 0.419 e. The summed E-state index contributed by atoms with van der Waals surface area (Å²) in [6.45, 7) is 1.63. The highest BCUT2D eigenvalue weighted by molar-refractivity contribution is 7.10. The zero-order chi connectivity index (χ0) is 17.4. The fourth-order valence-corrected chi connectivity index (χ4v) is 3.56. The van der Waals surface area contributed by atoms with Crippen molar-refractivity contribution in [3.63, 3.8) is 0 Å². The maximum Gasteiger partial charge on any atom is 0.325 e. The number of thiophene rings is 1. The Morgan fingerprint density at radius 2 is 1.96 bits per heavy atom. The molecule has 25 heavy (non-hydrogen) atoms. The van der Waals surface area contributed by atoms with E-state index >= 15 is 0 Å². The van der Waals surface area contributed by atoms with Crippen molar-refractivity contribution in [1.82, 2.24) is 20.4 Å². The van der Waals surface area contributed by atoms with E-state index in [1.165, 1.54) is 11.3 Å². The number of benzene rings is 1. The van der Waals surface area contributed by atoms with Gasteiger partial charge in [0.05, 0.1) is 0 Å². The van der Waals surface area contributed by atoms with Crippen LogP contribution in [0.3, 0.4) is 0 Å². The van der Waals surface area contributed by atoms with Gasteiger partial charge in [-0.15, -0.1) is 21.5 Å². The minimum atomic E-state index is -1.06. The van der Waals surface area contributed by atoms with Crippen LogP contribution in [-0.2, 0) is 16.9 Å². The fraction of sp³-hybridized carbons (Fsp3) is 0.176. The van der Waals surface area contributed by atoms with Crippen LogP contribution in [0.2, 0.25) is 0 Å². The van der Waals surface area contributed by atoms with Crippen molar-refractivity contribution >= 4 is 23.3 Å². The van der Waals surface area contributed by atoms with Gasteiger partial charge >= 0.3 is 6.03 Å². The SMILES string of the molecule is C[C@@]1(c2cccs2)NC(=O)N(Cc2nnc(-c3ccccc3)o2)C1=O. The molecule has 0 radical (unpaired) electrons. The molecule has 0 saturated carbocycles. The number of urea groups is 1. The highest BCUT2D eigenvalue weighted by atomic mass is 32.1. The van der Waals surface area contributed by atoms with Crippen molar-refractivity contribution in [2.24, 2.45) is 0 Å². The van der Waals surface area contributed by atoms with Gasteiger partial charge < -0.3 is 9.73 Å². The molecular formula is C17H14N4O3S. The molecule has 7 nitrogen and oxygen atoms in total. The van der Waals surface area contributed by atoms with Crippen LogP contribution in [0.1, 0.15) is 17.7 Å². The van der Waals surface area contributed by atoms with Gasteiger partial charge in [0.2, 0.25) is 11.8 Å². The minimum absolute atomic E-state index is 0.0640. The lowest BCUT2D eigenvalue weighted by atomic mass is 10.0. The Bertz CT molecular complexity index is 923. The molecular weight excluding hydrogens is 340 g/mol. The Kier molecular flexibility index (Phi) is 3.61. The molecule has 4 rings (SSSR count). The molecule has 1 aliphatic heterocycles. The monoisotopic (exact) mass is 354 g/mol. The number of imide groups is 1. The zero-order valence-electron chi connectivity index (χ0n) is 13.3. The van der Waals surface area contributed by atoms with Crippen molar-refractivity contribution in [3.05, 3.63) is 58.6 Å². The van der Waals surface area contributed by atoms with Crippen molar-refractivity contribution in [3.8, 4) is 11.5 Å². The number of carbonyl (C=O) groups excluding carboxylic acids is 2. The molecule has 3 heterocycles. The van der Waals surface area contributed by atoms with E-state index in [4.69, 9.17) is 4.42 Å². The molecule has 0 bridgehead atoms. The van der Waals surface area contributed by atoms with Gasteiger partial charge in [-0.3, -0.25) is 9.69 Å². The first-order valence-corrected chi connectivity index (χ1v) is 8.52. The number of carbonyl (C=O) groups is 2. The smallest absolute Gasteiger partial charge is 0.325 e. The van der Waals surface area contributed by atoms with Crippen LogP contribution in [0, 0.1) is 0 Å². The van der Waals surface area contributed by atoms with Gasteiger partial charge in [-0.25, -0.2) is 4.79 Å². The molecule has 3 aromatic rings. The number of amides is 3. The minimum Gasteiger partial charge on any atom is -0.419 e. The maximum absolute atomic E-state index is 12.8. The van der Waals surface area contributed by atoms with Crippen molar-refractivity contribution < 1.29 is 14.0 Å². The summed E-state index contributed by atoms with van der Waals surface area (Å²) in [4.78, 5) is 26.9. The lowest BCUT2D eigenvalue weighted by Crippen LogP contribution is -2.40. The van der Waals surface area contributed by atoms with E-state index in [9.17, 15) is 9.59 Å². The number of rotatable bonds is 4. The second-order valence-electron chi connectivity index (χ2n) is 5.79. The first-order chi connectivity index (χ1) is 12.1. The molecule has 0 spiro atoms. The number of hydrogen-bond donors (Lipinski definition) is 1. The summed E-state index contributed by atoms with van der Waals surface area (Å²) in [6, 6.07) is 12.5. The van der Waals surface area contributed by atoms with Crippen LogP contribution in [0.15, 0.2) is 52.3 Å². The van der Waals surface area contributed by atoms with Crippen LogP contribution >= 0.6 is 11.3 Å². The van der Waals surface area contributed by atoms with E-state index in [0.29, 0.717) is 5.89 Å². The summed E-state index contributed by atoms with van der Waals surface area (Å²) in [5.41, 5.74) is -0.282. The Balaban J connectivity index is 1.56. The molecule has 1 atom stereocenters. The van der Waals surface area contributed by atoms with E-state index in [1.807, 2.05) is 47.8 Å². The van der Waals surface area contributed by atoms with Crippen LogP contribution in [0.4, 0.5) is 4.79 Å². The molecule has 8 heteroatoms. The summed E-state index contributed by atoms with van der Waals surface area (Å²) >= 11 is 1.42. The topological polar surface area (TPSA) is 88.3 Å². The van der Waals surface area contributed by atoms with Gasteiger partial charge in [-0.05, 0) is 30.5 Å². The van der Waals surface area contributed by atoms with E-state index in [1.54, 1.807) is 6.92 Å². The lowest BCUT2D eigenvalue weighted by molar-refractivity contribution is -0.131. The van der Waals surface area contributed by atoms with Gasteiger partial charge in [0.1, 0.15) is 6.54 Å². The molecule has 2 aromatic heterocycles. The van der Waals surface area contributed by atoms with E-state index in [2.05, 4.69) is 15.5 Å². The Morgan fingerprint density at radius 3 is 2.68 bits per heavy atom. The second-order valence-corrected chi connectivity index (χ2v) is 6.74. The molecule has 0 aliphatic carbocycles. The number of nitrogens with zero attached hydrogens (tertiary/aromatic N) is 3. The number of nitrogens with one attached hydrogen (secondary N) is 1. The van der Waals surface area contributed by atoms with E-state index < -0.39 is 11.6 Å². The average molecular weight is 354 g/mol. The Hall–Kier alpha value is -3.00. The van der Waals surface area contributed by atoms with Gasteiger partial charge in [-0.1, -0.05) is 24.3 Å². The van der Waals surface area contributed by atoms with Gasteiger partial charge in [-0.2, -0.15) is 0 Å². The lowest BCUT2D eigenvalue weighted by Gasteiger charge is -2.19. The van der Waals surface area contributed by atoms with E-state index in [0.717, 1.165) is 15.3 Å². The summed E-state index contributed by atoms with van der Waals surface area (Å²) in [7, 11) is 0.